The molecule has 5 heteroatoms. The Kier molecular flexibility index (Phi) is 5.55. The molecule has 0 unspecified atom stereocenters. The lowest BCUT2D eigenvalue weighted by Crippen LogP contribution is -2.36. The standard InChI is InChI=1S/C15H21NO4/c1-15(2,10-16-13(17)7-8-14(18)19)11-5-4-6-12(9-11)20-3/h4-6,9H,7-8,10H2,1-3H3,(H,16,17)(H,18,19). The molecular weight excluding hydrogens is 258 g/mol. The molecule has 1 amide bonds. The van der Waals surface area contributed by atoms with Crippen molar-refractivity contribution in [2.45, 2.75) is 32.1 Å². The summed E-state index contributed by atoms with van der Waals surface area (Å²) < 4.78 is 5.19. The van der Waals surface area contributed by atoms with Crippen LogP contribution >= 0.6 is 0 Å². The third-order valence-electron chi connectivity index (χ3n) is 3.14. The molecule has 0 radical (unpaired) electrons. The van der Waals surface area contributed by atoms with Gasteiger partial charge in [-0.1, -0.05) is 26.0 Å². The van der Waals surface area contributed by atoms with Crippen LogP contribution in [0.5, 0.6) is 5.75 Å². The number of methoxy groups -OCH3 is 1. The van der Waals surface area contributed by atoms with E-state index >= 15 is 0 Å². The van der Waals surface area contributed by atoms with Gasteiger partial charge in [0.05, 0.1) is 13.5 Å². The highest BCUT2D eigenvalue weighted by molar-refractivity contribution is 5.80. The molecule has 110 valence electrons. The minimum atomic E-state index is -0.966. The van der Waals surface area contributed by atoms with Crippen LogP contribution in [0.15, 0.2) is 24.3 Å². The van der Waals surface area contributed by atoms with Crippen molar-refractivity contribution in [2.75, 3.05) is 13.7 Å². The monoisotopic (exact) mass is 279 g/mol. The Morgan fingerprint density at radius 1 is 1.30 bits per heavy atom. The summed E-state index contributed by atoms with van der Waals surface area (Å²) in [7, 11) is 1.61. The summed E-state index contributed by atoms with van der Waals surface area (Å²) in [5.41, 5.74) is 0.795. The summed E-state index contributed by atoms with van der Waals surface area (Å²) in [6, 6.07) is 7.68. The topological polar surface area (TPSA) is 75.6 Å². The van der Waals surface area contributed by atoms with Crippen molar-refractivity contribution in [3.63, 3.8) is 0 Å². The van der Waals surface area contributed by atoms with E-state index in [2.05, 4.69) is 5.32 Å². The molecule has 0 aliphatic carbocycles. The third kappa shape index (κ3) is 4.91. The lowest BCUT2D eigenvalue weighted by Gasteiger charge is -2.26. The number of carboxylic acid groups (broad SMARTS) is 1. The maximum Gasteiger partial charge on any atom is 0.303 e. The quantitative estimate of drug-likeness (QED) is 0.800. The predicted octanol–water partition coefficient (Wildman–Crippen LogP) is 1.95. The van der Waals surface area contributed by atoms with Crippen molar-refractivity contribution in [1.29, 1.82) is 0 Å². The second-order valence-electron chi connectivity index (χ2n) is 5.29. The molecule has 0 fully saturated rings. The highest BCUT2D eigenvalue weighted by atomic mass is 16.5. The second kappa shape index (κ2) is 6.93. The van der Waals surface area contributed by atoms with Crippen LogP contribution in [0.25, 0.3) is 0 Å². The van der Waals surface area contributed by atoms with E-state index in [4.69, 9.17) is 9.84 Å². The summed E-state index contributed by atoms with van der Waals surface area (Å²) in [4.78, 5) is 22.0. The molecule has 5 nitrogen and oxygen atoms in total. The Labute approximate surface area is 118 Å². The minimum absolute atomic E-state index is 0.00350. The number of nitrogens with one attached hydrogen (secondary N) is 1. The zero-order chi connectivity index (χ0) is 15.2. The number of hydrogen-bond donors (Lipinski definition) is 2. The first kappa shape index (κ1) is 16.0. The van der Waals surface area contributed by atoms with E-state index in [1.54, 1.807) is 7.11 Å². The number of ether oxygens (including phenoxy) is 1. The lowest BCUT2D eigenvalue weighted by molar-refractivity contribution is -0.138. The molecule has 0 bridgehead atoms. The minimum Gasteiger partial charge on any atom is -0.497 e. The summed E-state index contributed by atoms with van der Waals surface area (Å²) in [5.74, 6) is -0.441. The van der Waals surface area contributed by atoms with Gasteiger partial charge in [0.1, 0.15) is 5.75 Å². The first-order valence-electron chi connectivity index (χ1n) is 6.48. The molecule has 1 aromatic carbocycles. The molecule has 1 aromatic rings. The molecule has 0 saturated carbocycles. The number of carbonyl (C=O) groups is 2. The van der Waals surface area contributed by atoms with Gasteiger partial charge in [0.25, 0.3) is 0 Å². The van der Waals surface area contributed by atoms with Gasteiger partial charge in [0.15, 0.2) is 0 Å². The van der Waals surface area contributed by atoms with Crippen molar-refractivity contribution in [1.82, 2.24) is 5.32 Å². The van der Waals surface area contributed by atoms with Gasteiger partial charge < -0.3 is 15.2 Å². The van der Waals surface area contributed by atoms with Gasteiger partial charge in [0, 0.05) is 18.4 Å². The van der Waals surface area contributed by atoms with Gasteiger partial charge in [-0.05, 0) is 17.7 Å². The molecule has 20 heavy (non-hydrogen) atoms. The zero-order valence-electron chi connectivity index (χ0n) is 12.1. The fourth-order valence-electron chi connectivity index (χ4n) is 1.77. The summed E-state index contributed by atoms with van der Waals surface area (Å²) in [6.07, 6.45) is -0.144. The molecule has 0 aliphatic rings. The smallest absolute Gasteiger partial charge is 0.303 e. The van der Waals surface area contributed by atoms with E-state index < -0.39 is 5.97 Å². The van der Waals surface area contributed by atoms with Gasteiger partial charge in [-0.3, -0.25) is 9.59 Å². The van der Waals surface area contributed by atoms with Gasteiger partial charge >= 0.3 is 5.97 Å². The van der Waals surface area contributed by atoms with Crippen LogP contribution in [0.2, 0.25) is 0 Å². The fraction of sp³-hybridized carbons (Fsp3) is 0.467. The van der Waals surface area contributed by atoms with E-state index in [0.717, 1.165) is 11.3 Å². The van der Waals surface area contributed by atoms with Crippen LogP contribution in [0.4, 0.5) is 0 Å². The number of carboxylic acids is 1. The van der Waals surface area contributed by atoms with E-state index in [0.29, 0.717) is 6.54 Å². The van der Waals surface area contributed by atoms with Crippen molar-refractivity contribution < 1.29 is 19.4 Å². The van der Waals surface area contributed by atoms with Crippen LogP contribution in [0.1, 0.15) is 32.3 Å². The first-order chi connectivity index (χ1) is 9.35. The number of amides is 1. The Bertz CT molecular complexity index is 483. The average Bonchev–Trinajstić information content (AvgIpc) is 2.43. The molecular formula is C15H21NO4. The van der Waals surface area contributed by atoms with E-state index in [9.17, 15) is 9.59 Å². The van der Waals surface area contributed by atoms with Crippen molar-refractivity contribution >= 4 is 11.9 Å². The summed E-state index contributed by atoms with van der Waals surface area (Å²) in [5, 5.41) is 11.3. The highest BCUT2D eigenvalue weighted by Crippen LogP contribution is 2.25. The van der Waals surface area contributed by atoms with Crippen LogP contribution in [0, 0.1) is 0 Å². The average molecular weight is 279 g/mol. The van der Waals surface area contributed by atoms with E-state index in [-0.39, 0.29) is 24.2 Å². The molecule has 0 atom stereocenters. The normalized spacial score (nSPS) is 10.9. The molecule has 0 heterocycles. The van der Waals surface area contributed by atoms with E-state index in [1.807, 2.05) is 38.1 Å². The molecule has 0 spiro atoms. The van der Waals surface area contributed by atoms with E-state index in [1.165, 1.54) is 0 Å². The highest BCUT2D eigenvalue weighted by Gasteiger charge is 2.22. The maximum atomic E-state index is 11.5. The van der Waals surface area contributed by atoms with Gasteiger partial charge in [-0.15, -0.1) is 0 Å². The number of carbonyl (C=O) groups excluding carboxylic acids is 1. The Balaban J connectivity index is 2.60. The lowest BCUT2D eigenvalue weighted by atomic mass is 9.84. The van der Waals surface area contributed by atoms with Crippen molar-refractivity contribution in [3.8, 4) is 5.75 Å². The fourth-order valence-corrected chi connectivity index (χ4v) is 1.77. The molecule has 2 N–H and O–H groups in total. The SMILES string of the molecule is COc1cccc(C(C)(C)CNC(=O)CCC(=O)O)c1. The zero-order valence-corrected chi connectivity index (χ0v) is 12.1. The van der Waals surface area contributed by atoms with Gasteiger partial charge in [0.2, 0.25) is 5.91 Å². The number of benzene rings is 1. The first-order valence-corrected chi connectivity index (χ1v) is 6.48. The van der Waals surface area contributed by atoms with Crippen molar-refractivity contribution in [2.24, 2.45) is 0 Å². The molecule has 0 saturated heterocycles. The Morgan fingerprint density at radius 2 is 2.00 bits per heavy atom. The van der Waals surface area contributed by atoms with Crippen LogP contribution < -0.4 is 10.1 Å². The predicted molar refractivity (Wildman–Crippen MR) is 75.9 cm³/mol. The largest absolute Gasteiger partial charge is 0.497 e. The number of hydrogen-bond acceptors (Lipinski definition) is 3. The van der Waals surface area contributed by atoms with Crippen LogP contribution in [-0.4, -0.2) is 30.6 Å². The second-order valence-corrected chi connectivity index (χ2v) is 5.29. The number of rotatable bonds is 7. The molecule has 0 aromatic heterocycles. The summed E-state index contributed by atoms with van der Waals surface area (Å²) in [6.45, 7) is 4.47. The third-order valence-corrected chi connectivity index (χ3v) is 3.14. The molecule has 1 rings (SSSR count). The van der Waals surface area contributed by atoms with Crippen LogP contribution in [0.3, 0.4) is 0 Å². The van der Waals surface area contributed by atoms with Gasteiger partial charge in [-0.25, -0.2) is 0 Å². The van der Waals surface area contributed by atoms with Crippen molar-refractivity contribution in [3.05, 3.63) is 29.8 Å². The maximum absolute atomic E-state index is 11.5. The Morgan fingerprint density at radius 3 is 2.60 bits per heavy atom. The summed E-state index contributed by atoms with van der Waals surface area (Å²) >= 11 is 0. The van der Waals surface area contributed by atoms with Gasteiger partial charge in [-0.2, -0.15) is 0 Å². The Hall–Kier alpha value is -2.04. The molecule has 0 aliphatic heterocycles. The van der Waals surface area contributed by atoms with Crippen LogP contribution in [-0.2, 0) is 15.0 Å². The number of aliphatic carboxylic acids is 1.